The molecule has 0 fully saturated rings. The van der Waals surface area contributed by atoms with Gasteiger partial charge in [0.15, 0.2) is 0 Å². The van der Waals surface area contributed by atoms with Crippen molar-refractivity contribution in [2.24, 2.45) is 4.99 Å². The standard InChI is InChI=1S/C23H17F3N4O2/c1-30-19-9-5-3-7-15(19)20(14-6-2-4-8-16(14)25)28-21(22(30)31)29-23(32)27-18-12-13(24)10-11-17(18)26/h2-12,21H,1H3,(H2,27,29,32). The van der Waals surface area contributed by atoms with Gasteiger partial charge in [-0.3, -0.25) is 4.79 Å². The third-order valence-corrected chi connectivity index (χ3v) is 4.92. The highest BCUT2D eigenvalue weighted by atomic mass is 19.1. The van der Waals surface area contributed by atoms with Crippen LogP contribution in [0, 0.1) is 17.5 Å². The van der Waals surface area contributed by atoms with E-state index < -0.39 is 41.2 Å². The van der Waals surface area contributed by atoms with Gasteiger partial charge in [-0.15, -0.1) is 0 Å². The summed E-state index contributed by atoms with van der Waals surface area (Å²) < 4.78 is 41.9. The normalized spacial score (nSPS) is 15.5. The Bertz CT molecular complexity index is 1250. The highest BCUT2D eigenvalue weighted by molar-refractivity contribution is 6.20. The molecule has 1 unspecified atom stereocenters. The van der Waals surface area contributed by atoms with Crippen molar-refractivity contribution in [2.45, 2.75) is 6.17 Å². The first kappa shape index (κ1) is 21.1. The fourth-order valence-corrected chi connectivity index (χ4v) is 3.36. The number of halogens is 3. The van der Waals surface area contributed by atoms with Gasteiger partial charge < -0.3 is 15.5 Å². The lowest BCUT2D eigenvalue weighted by atomic mass is 10.00. The number of hydrogen-bond donors (Lipinski definition) is 2. The minimum absolute atomic E-state index is 0.145. The van der Waals surface area contributed by atoms with Crippen LogP contribution >= 0.6 is 0 Å². The lowest BCUT2D eigenvalue weighted by Crippen LogP contribution is -2.47. The van der Waals surface area contributed by atoms with Crippen LogP contribution in [0.15, 0.2) is 71.7 Å². The summed E-state index contributed by atoms with van der Waals surface area (Å²) in [5.74, 6) is -2.75. The monoisotopic (exact) mass is 438 g/mol. The Morgan fingerprint density at radius 1 is 0.938 bits per heavy atom. The Morgan fingerprint density at radius 3 is 2.38 bits per heavy atom. The van der Waals surface area contributed by atoms with Gasteiger partial charge in [0.1, 0.15) is 17.5 Å². The number of hydrogen-bond acceptors (Lipinski definition) is 3. The van der Waals surface area contributed by atoms with Crippen LogP contribution in [0.1, 0.15) is 11.1 Å². The van der Waals surface area contributed by atoms with Gasteiger partial charge in [0.2, 0.25) is 6.17 Å². The molecule has 0 saturated carbocycles. The van der Waals surface area contributed by atoms with Crippen molar-refractivity contribution in [3.05, 3.63) is 95.3 Å². The first-order valence-electron chi connectivity index (χ1n) is 9.57. The largest absolute Gasteiger partial charge is 0.321 e. The summed E-state index contributed by atoms with van der Waals surface area (Å²) in [6.07, 6.45) is -1.45. The lowest BCUT2D eigenvalue weighted by molar-refractivity contribution is -0.119. The Labute approximate surface area is 181 Å². The number of urea groups is 1. The number of rotatable bonds is 3. The summed E-state index contributed by atoms with van der Waals surface area (Å²) in [6.45, 7) is 0. The van der Waals surface area contributed by atoms with Crippen LogP contribution in [0.4, 0.5) is 29.3 Å². The molecule has 6 nitrogen and oxygen atoms in total. The van der Waals surface area contributed by atoms with Gasteiger partial charge in [0, 0.05) is 24.2 Å². The van der Waals surface area contributed by atoms with Crippen LogP contribution in [0.3, 0.4) is 0 Å². The molecule has 0 aromatic heterocycles. The maximum absolute atomic E-state index is 14.6. The molecule has 4 rings (SSSR count). The second kappa shape index (κ2) is 8.54. The van der Waals surface area contributed by atoms with E-state index in [2.05, 4.69) is 15.6 Å². The van der Waals surface area contributed by atoms with E-state index in [9.17, 15) is 22.8 Å². The lowest BCUT2D eigenvalue weighted by Gasteiger charge is -2.21. The van der Waals surface area contributed by atoms with Crippen LogP contribution in [0.2, 0.25) is 0 Å². The molecule has 0 spiro atoms. The van der Waals surface area contributed by atoms with Crippen LogP contribution in [-0.4, -0.2) is 30.9 Å². The predicted molar refractivity (Wildman–Crippen MR) is 114 cm³/mol. The summed E-state index contributed by atoms with van der Waals surface area (Å²) in [4.78, 5) is 31.1. The number of likely N-dealkylation sites (N-methyl/N-ethyl adjacent to an activating group) is 1. The van der Waals surface area contributed by atoms with Crippen molar-refractivity contribution in [3.63, 3.8) is 0 Å². The quantitative estimate of drug-likeness (QED) is 0.647. The summed E-state index contributed by atoms with van der Waals surface area (Å²) in [7, 11) is 1.50. The van der Waals surface area contributed by atoms with Gasteiger partial charge in [0.05, 0.1) is 17.1 Å². The minimum atomic E-state index is -1.45. The maximum atomic E-state index is 14.6. The number of amides is 3. The molecule has 1 aliphatic rings. The van der Waals surface area contributed by atoms with Gasteiger partial charge in [-0.25, -0.2) is 23.0 Å². The van der Waals surface area contributed by atoms with E-state index in [1.165, 1.54) is 30.1 Å². The highest BCUT2D eigenvalue weighted by Crippen LogP contribution is 2.28. The van der Waals surface area contributed by atoms with E-state index in [-0.39, 0.29) is 11.3 Å². The van der Waals surface area contributed by atoms with Crippen molar-refractivity contribution < 1.29 is 22.8 Å². The highest BCUT2D eigenvalue weighted by Gasteiger charge is 2.31. The second-order valence-electron chi connectivity index (χ2n) is 7.00. The number of anilines is 2. The molecule has 2 N–H and O–H groups in total. The van der Waals surface area contributed by atoms with E-state index in [0.717, 1.165) is 18.2 Å². The van der Waals surface area contributed by atoms with Crippen LogP contribution in [0.5, 0.6) is 0 Å². The van der Waals surface area contributed by atoms with Crippen LogP contribution in [-0.2, 0) is 4.79 Å². The third-order valence-electron chi connectivity index (χ3n) is 4.92. The summed E-state index contributed by atoms with van der Waals surface area (Å²) in [5.41, 5.74) is 0.873. The SMILES string of the molecule is CN1C(=O)C(NC(=O)Nc2cc(F)ccc2F)N=C(c2ccccc2F)c2ccccc21. The molecule has 9 heteroatoms. The first-order valence-corrected chi connectivity index (χ1v) is 9.57. The smallest absolute Gasteiger partial charge is 0.311 e. The van der Waals surface area contributed by atoms with Gasteiger partial charge in [-0.05, 0) is 30.3 Å². The molecule has 0 saturated heterocycles. The van der Waals surface area contributed by atoms with Crippen LogP contribution < -0.4 is 15.5 Å². The molecule has 162 valence electrons. The topological polar surface area (TPSA) is 73.8 Å². The zero-order valence-electron chi connectivity index (χ0n) is 16.8. The number of fused-ring (bicyclic) bond motifs is 1. The third kappa shape index (κ3) is 4.04. The Morgan fingerprint density at radius 2 is 1.62 bits per heavy atom. The predicted octanol–water partition coefficient (Wildman–Crippen LogP) is 4.07. The summed E-state index contributed by atoms with van der Waals surface area (Å²) in [6, 6.07) is 14.3. The number of para-hydroxylation sites is 1. The number of carbonyl (C=O) groups excluding carboxylic acids is 2. The van der Waals surface area contributed by atoms with E-state index in [0.29, 0.717) is 11.3 Å². The van der Waals surface area contributed by atoms with Gasteiger partial charge in [0.25, 0.3) is 5.91 Å². The minimum Gasteiger partial charge on any atom is -0.311 e. The molecule has 1 heterocycles. The number of carbonyl (C=O) groups is 2. The molecular weight excluding hydrogens is 421 g/mol. The van der Waals surface area contributed by atoms with Crippen LogP contribution in [0.25, 0.3) is 0 Å². The number of benzene rings is 3. The molecular formula is C23H17F3N4O2. The van der Waals surface area contributed by atoms with Gasteiger partial charge in [-0.2, -0.15) is 0 Å². The molecule has 0 bridgehead atoms. The molecule has 3 amide bonds. The fourth-order valence-electron chi connectivity index (χ4n) is 3.36. The van der Waals surface area contributed by atoms with Crippen molar-refractivity contribution in [3.8, 4) is 0 Å². The molecule has 3 aromatic rings. The van der Waals surface area contributed by atoms with E-state index in [1.54, 1.807) is 30.3 Å². The van der Waals surface area contributed by atoms with Crippen molar-refractivity contribution in [2.75, 3.05) is 17.3 Å². The average molecular weight is 438 g/mol. The zero-order valence-corrected chi connectivity index (χ0v) is 16.8. The van der Waals surface area contributed by atoms with E-state index in [4.69, 9.17) is 0 Å². The summed E-state index contributed by atoms with van der Waals surface area (Å²) >= 11 is 0. The second-order valence-corrected chi connectivity index (χ2v) is 7.00. The first-order chi connectivity index (χ1) is 15.3. The average Bonchev–Trinajstić information content (AvgIpc) is 2.87. The molecule has 0 aliphatic carbocycles. The van der Waals surface area contributed by atoms with E-state index in [1.807, 2.05) is 0 Å². The van der Waals surface area contributed by atoms with Gasteiger partial charge >= 0.3 is 6.03 Å². The van der Waals surface area contributed by atoms with Crippen molar-refractivity contribution in [1.82, 2.24) is 5.32 Å². The Balaban J connectivity index is 1.72. The molecule has 1 atom stereocenters. The Kier molecular flexibility index (Phi) is 5.63. The van der Waals surface area contributed by atoms with E-state index >= 15 is 0 Å². The number of benzodiazepines with no additional fused rings is 1. The fraction of sp³-hybridized carbons (Fsp3) is 0.0870. The molecule has 3 aromatic carbocycles. The molecule has 0 radical (unpaired) electrons. The van der Waals surface area contributed by atoms with Crippen molar-refractivity contribution in [1.29, 1.82) is 0 Å². The molecule has 1 aliphatic heterocycles. The maximum Gasteiger partial charge on any atom is 0.321 e. The number of aliphatic imine (C=N–C) groups is 1. The molecule has 32 heavy (non-hydrogen) atoms. The Hall–Kier alpha value is -4.14. The summed E-state index contributed by atoms with van der Waals surface area (Å²) in [5, 5.41) is 4.51. The number of nitrogens with zero attached hydrogens (tertiary/aromatic N) is 2. The number of nitrogens with one attached hydrogen (secondary N) is 2. The zero-order chi connectivity index (χ0) is 22.8. The van der Waals surface area contributed by atoms with Crippen molar-refractivity contribution >= 4 is 29.0 Å². The van der Waals surface area contributed by atoms with Gasteiger partial charge in [-0.1, -0.05) is 30.3 Å².